The van der Waals surface area contributed by atoms with Crippen LogP contribution in [-0.2, 0) is 0 Å². The standard InChI is InChI=1S/C56H37NO/c1-3-10-45-36-47(22-20-38(45)8-1)42-18-16-40(17-19-42)41-24-30-49(31-25-41)57(50-32-26-43(27-33-50)48-23-21-39-9-2-4-11-46(39)37-48)51-34-28-44(29-35-51)52-13-7-15-55-56(52)53-12-5-6-14-54(53)58-55/h1-37H. The molecule has 0 amide bonds. The van der Waals surface area contributed by atoms with E-state index < -0.39 is 0 Å². The van der Waals surface area contributed by atoms with Gasteiger partial charge in [-0.25, -0.2) is 0 Å². The van der Waals surface area contributed by atoms with Crippen LogP contribution in [0, 0.1) is 0 Å². The Morgan fingerprint density at radius 1 is 0.276 bits per heavy atom. The van der Waals surface area contributed by atoms with Gasteiger partial charge in [0.15, 0.2) is 0 Å². The third-order valence-corrected chi connectivity index (χ3v) is 11.5. The van der Waals surface area contributed by atoms with Crippen molar-refractivity contribution in [3.05, 3.63) is 224 Å². The van der Waals surface area contributed by atoms with Crippen molar-refractivity contribution in [1.82, 2.24) is 0 Å². The predicted octanol–water partition coefficient (Wildman–Crippen LogP) is 16.0. The van der Waals surface area contributed by atoms with Crippen molar-refractivity contribution in [1.29, 1.82) is 0 Å². The Labute approximate surface area is 337 Å². The number of anilines is 3. The van der Waals surface area contributed by atoms with Gasteiger partial charge in [0.05, 0.1) is 0 Å². The Morgan fingerprint density at radius 2 is 0.672 bits per heavy atom. The summed E-state index contributed by atoms with van der Waals surface area (Å²) in [6.45, 7) is 0. The molecule has 0 saturated carbocycles. The van der Waals surface area contributed by atoms with Crippen LogP contribution >= 0.6 is 0 Å². The third-order valence-electron chi connectivity index (χ3n) is 11.5. The lowest BCUT2D eigenvalue weighted by molar-refractivity contribution is 0.669. The lowest BCUT2D eigenvalue weighted by Crippen LogP contribution is -2.09. The molecule has 2 nitrogen and oxygen atoms in total. The maximum absolute atomic E-state index is 6.23. The number of para-hydroxylation sites is 1. The van der Waals surface area contributed by atoms with Gasteiger partial charge in [-0.05, 0) is 127 Å². The zero-order chi connectivity index (χ0) is 38.4. The van der Waals surface area contributed by atoms with E-state index in [4.69, 9.17) is 4.42 Å². The molecule has 0 unspecified atom stereocenters. The topological polar surface area (TPSA) is 16.4 Å². The van der Waals surface area contributed by atoms with E-state index in [1.165, 1.54) is 54.9 Å². The van der Waals surface area contributed by atoms with E-state index in [9.17, 15) is 0 Å². The van der Waals surface area contributed by atoms with Gasteiger partial charge in [-0.1, -0.05) is 164 Å². The van der Waals surface area contributed by atoms with Crippen LogP contribution < -0.4 is 4.90 Å². The van der Waals surface area contributed by atoms with Crippen LogP contribution in [0.4, 0.5) is 17.1 Å². The molecule has 11 rings (SSSR count). The summed E-state index contributed by atoms with van der Waals surface area (Å²) in [4.78, 5) is 2.34. The molecule has 0 bridgehead atoms. The molecule has 0 saturated heterocycles. The van der Waals surface area contributed by atoms with Gasteiger partial charge in [-0.15, -0.1) is 0 Å². The summed E-state index contributed by atoms with van der Waals surface area (Å²) in [7, 11) is 0. The molecule has 2 heteroatoms. The monoisotopic (exact) mass is 739 g/mol. The first-order valence-electron chi connectivity index (χ1n) is 19.8. The van der Waals surface area contributed by atoms with Crippen LogP contribution in [-0.4, -0.2) is 0 Å². The number of nitrogens with zero attached hydrogens (tertiary/aromatic N) is 1. The predicted molar refractivity (Wildman–Crippen MR) is 245 cm³/mol. The molecule has 1 heterocycles. The van der Waals surface area contributed by atoms with Crippen LogP contribution in [0.3, 0.4) is 0 Å². The fraction of sp³-hybridized carbons (Fsp3) is 0. The number of fused-ring (bicyclic) bond motifs is 5. The van der Waals surface area contributed by atoms with Crippen molar-refractivity contribution in [2.24, 2.45) is 0 Å². The number of hydrogen-bond acceptors (Lipinski definition) is 2. The summed E-state index contributed by atoms with van der Waals surface area (Å²) in [5, 5.41) is 7.29. The lowest BCUT2D eigenvalue weighted by Gasteiger charge is -2.26. The van der Waals surface area contributed by atoms with Gasteiger partial charge in [0.25, 0.3) is 0 Å². The highest BCUT2D eigenvalue weighted by Crippen LogP contribution is 2.41. The third kappa shape index (κ3) is 6.09. The second kappa shape index (κ2) is 14.1. The van der Waals surface area contributed by atoms with Gasteiger partial charge in [-0.3, -0.25) is 0 Å². The Hall–Kier alpha value is -7.68. The van der Waals surface area contributed by atoms with E-state index >= 15 is 0 Å². The summed E-state index contributed by atoms with van der Waals surface area (Å²) >= 11 is 0. The van der Waals surface area contributed by atoms with Crippen molar-refractivity contribution in [3.8, 4) is 44.5 Å². The first kappa shape index (κ1) is 33.6. The van der Waals surface area contributed by atoms with E-state index in [1.807, 2.05) is 12.1 Å². The van der Waals surface area contributed by atoms with E-state index in [1.54, 1.807) is 0 Å². The van der Waals surface area contributed by atoms with Crippen molar-refractivity contribution < 1.29 is 4.42 Å². The molecule has 58 heavy (non-hydrogen) atoms. The van der Waals surface area contributed by atoms with E-state index in [2.05, 4.69) is 217 Å². The van der Waals surface area contributed by atoms with E-state index in [0.29, 0.717) is 0 Å². The summed E-state index contributed by atoms with van der Waals surface area (Å²) in [6, 6.07) is 80.7. The smallest absolute Gasteiger partial charge is 0.136 e. The van der Waals surface area contributed by atoms with Gasteiger partial charge < -0.3 is 9.32 Å². The average molecular weight is 740 g/mol. The highest BCUT2D eigenvalue weighted by molar-refractivity contribution is 6.12. The number of rotatable bonds is 7. The van der Waals surface area contributed by atoms with Gasteiger partial charge in [-0.2, -0.15) is 0 Å². The molecule has 0 aliphatic rings. The molecule has 272 valence electrons. The highest BCUT2D eigenvalue weighted by Gasteiger charge is 2.16. The Bertz CT molecular complexity index is 3250. The molecule has 0 aliphatic heterocycles. The van der Waals surface area contributed by atoms with Crippen molar-refractivity contribution in [3.63, 3.8) is 0 Å². The molecular weight excluding hydrogens is 703 g/mol. The molecule has 0 spiro atoms. The Kier molecular flexibility index (Phi) is 8.19. The van der Waals surface area contributed by atoms with Crippen LogP contribution in [0.15, 0.2) is 229 Å². The van der Waals surface area contributed by atoms with Gasteiger partial charge >= 0.3 is 0 Å². The number of benzene rings is 10. The minimum Gasteiger partial charge on any atom is -0.456 e. The van der Waals surface area contributed by atoms with E-state index in [0.717, 1.165) is 50.1 Å². The maximum atomic E-state index is 6.23. The Balaban J connectivity index is 0.943. The highest BCUT2D eigenvalue weighted by atomic mass is 16.3. The fourth-order valence-corrected chi connectivity index (χ4v) is 8.45. The summed E-state index contributed by atoms with van der Waals surface area (Å²) in [5.41, 5.74) is 14.6. The first-order chi connectivity index (χ1) is 28.7. The van der Waals surface area contributed by atoms with Gasteiger partial charge in [0.2, 0.25) is 0 Å². The zero-order valence-corrected chi connectivity index (χ0v) is 31.7. The average Bonchev–Trinajstić information content (AvgIpc) is 3.69. The molecule has 10 aromatic carbocycles. The molecule has 0 aliphatic carbocycles. The van der Waals surface area contributed by atoms with E-state index in [-0.39, 0.29) is 0 Å². The summed E-state index contributed by atoms with van der Waals surface area (Å²) in [6.07, 6.45) is 0. The first-order valence-corrected chi connectivity index (χ1v) is 19.8. The van der Waals surface area contributed by atoms with Crippen molar-refractivity contribution >= 4 is 60.5 Å². The minimum absolute atomic E-state index is 0.902. The maximum Gasteiger partial charge on any atom is 0.136 e. The van der Waals surface area contributed by atoms with Gasteiger partial charge in [0.1, 0.15) is 11.2 Å². The largest absolute Gasteiger partial charge is 0.456 e. The second-order valence-electron chi connectivity index (χ2n) is 15.0. The summed E-state index contributed by atoms with van der Waals surface area (Å²) < 4.78 is 6.23. The number of furan rings is 1. The zero-order valence-electron chi connectivity index (χ0n) is 31.7. The van der Waals surface area contributed by atoms with Crippen LogP contribution in [0.1, 0.15) is 0 Å². The van der Waals surface area contributed by atoms with Crippen molar-refractivity contribution in [2.75, 3.05) is 4.90 Å². The molecule has 0 fully saturated rings. The molecule has 11 aromatic rings. The molecular formula is C56H37NO. The van der Waals surface area contributed by atoms with Gasteiger partial charge in [0, 0.05) is 27.8 Å². The molecule has 1 aromatic heterocycles. The van der Waals surface area contributed by atoms with Crippen molar-refractivity contribution in [2.45, 2.75) is 0 Å². The van der Waals surface area contributed by atoms with Crippen LogP contribution in [0.25, 0.3) is 88.0 Å². The summed E-state index contributed by atoms with van der Waals surface area (Å²) in [5.74, 6) is 0. The quantitative estimate of drug-likeness (QED) is 0.162. The number of hydrogen-bond donors (Lipinski definition) is 0. The van der Waals surface area contributed by atoms with Crippen LogP contribution in [0.5, 0.6) is 0 Å². The fourth-order valence-electron chi connectivity index (χ4n) is 8.45. The normalized spacial score (nSPS) is 11.4. The lowest BCUT2D eigenvalue weighted by atomic mass is 9.98. The minimum atomic E-state index is 0.902. The SMILES string of the molecule is c1ccc2cc(-c3ccc(-c4ccc(N(c5ccc(-c6ccc7ccccc7c6)cc5)c5ccc(-c6cccc7oc8ccccc8c67)cc5)cc4)cc3)ccc2c1. The second-order valence-corrected chi connectivity index (χ2v) is 15.0. The van der Waals surface area contributed by atoms with Crippen LogP contribution in [0.2, 0.25) is 0 Å². The molecule has 0 atom stereocenters. The molecule has 0 N–H and O–H groups in total. The Morgan fingerprint density at radius 3 is 1.21 bits per heavy atom. The molecule has 0 radical (unpaired) electrons.